The molecular formula is C30H35F6N3O3. The first-order chi connectivity index (χ1) is 19.8. The lowest BCUT2D eigenvalue weighted by Gasteiger charge is -2.41. The fourth-order valence-electron chi connectivity index (χ4n) is 5.87. The van der Waals surface area contributed by atoms with Crippen molar-refractivity contribution in [3.63, 3.8) is 0 Å². The third-order valence-corrected chi connectivity index (χ3v) is 8.19. The number of hydrogen-bond acceptors (Lipinski definition) is 3. The van der Waals surface area contributed by atoms with Gasteiger partial charge in [0.15, 0.2) is 0 Å². The van der Waals surface area contributed by atoms with Crippen molar-refractivity contribution in [1.29, 1.82) is 0 Å². The highest BCUT2D eigenvalue weighted by atomic mass is 19.4. The maximum Gasteiger partial charge on any atom is 0.416 e. The van der Waals surface area contributed by atoms with Crippen molar-refractivity contribution < 1.29 is 40.7 Å². The highest BCUT2D eigenvalue weighted by molar-refractivity contribution is 5.79. The van der Waals surface area contributed by atoms with Crippen molar-refractivity contribution in [1.82, 2.24) is 15.5 Å². The number of nitrogens with zero attached hydrogens (tertiary/aromatic N) is 1. The molecular weight excluding hydrogens is 564 g/mol. The Labute approximate surface area is 240 Å². The third kappa shape index (κ3) is 7.76. The van der Waals surface area contributed by atoms with Crippen LogP contribution in [-0.4, -0.2) is 49.1 Å². The SMILES string of the molecule is CNC(=O)N[C@H]1CC[C@H](C(=O)N2CCC(OC(C)c3cc(C(F)(F)F)cc(C(F)(F)F)c3)C(c3ccccc3)C2)CC1. The fourth-order valence-corrected chi connectivity index (χ4v) is 5.87. The quantitative estimate of drug-likeness (QED) is 0.365. The van der Waals surface area contributed by atoms with Gasteiger partial charge in [-0.15, -0.1) is 0 Å². The van der Waals surface area contributed by atoms with Crippen molar-refractivity contribution in [3.8, 4) is 0 Å². The second kappa shape index (κ2) is 12.9. The van der Waals surface area contributed by atoms with Crippen molar-refractivity contribution in [3.05, 3.63) is 70.8 Å². The molecule has 0 aromatic heterocycles. The maximum atomic E-state index is 13.5. The van der Waals surface area contributed by atoms with E-state index in [9.17, 15) is 35.9 Å². The van der Waals surface area contributed by atoms with E-state index < -0.39 is 35.7 Å². The van der Waals surface area contributed by atoms with E-state index in [4.69, 9.17) is 4.74 Å². The Bertz CT molecular complexity index is 1200. The fraction of sp³-hybridized carbons (Fsp3) is 0.533. The molecule has 2 aromatic rings. The van der Waals surface area contributed by atoms with Gasteiger partial charge in [-0.1, -0.05) is 30.3 Å². The van der Waals surface area contributed by atoms with Gasteiger partial charge in [-0.3, -0.25) is 4.79 Å². The lowest BCUT2D eigenvalue weighted by atomic mass is 9.83. The van der Waals surface area contributed by atoms with E-state index in [1.54, 1.807) is 11.9 Å². The Hall–Kier alpha value is -3.28. The average Bonchev–Trinajstić information content (AvgIpc) is 2.96. The van der Waals surface area contributed by atoms with Crippen molar-refractivity contribution in [2.24, 2.45) is 5.92 Å². The normalized spacial score (nSPS) is 24.1. The standard InChI is InChI=1S/C30H35F6N3O3/c1-18(21-14-22(29(31,32)33)16-23(15-21)30(34,35)36)42-26-12-13-39(17-25(26)19-6-4-3-5-7-19)27(40)20-8-10-24(11-9-20)38-28(41)37-2/h3-7,14-16,18,20,24-26H,8-13,17H2,1-2H3,(H2,37,38,41)/t18?,20-,24-,25?,26?. The molecule has 3 unspecified atom stereocenters. The van der Waals surface area contributed by atoms with E-state index in [1.807, 2.05) is 30.3 Å². The molecule has 3 atom stereocenters. The summed E-state index contributed by atoms with van der Waals surface area (Å²) in [5.41, 5.74) is -2.12. The van der Waals surface area contributed by atoms with Crippen molar-refractivity contribution >= 4 is 11.9 Å². The van der Waals surface area contributed by atoms with Gasteiger partial charge in [-0.05, 0) is 68.4 Å². The van der Waals surface area contributed by atoms with Crippen LogP contribution in [0.2, 0.25) is 0 Å². The van der Waals surface area contributed by atoms with E-state index in [2.05, 4.69) is 10.6 Å². The van der Waals surface area contributed by atoms with Crippen LogP contribution in [0, 0.1) is 5.92 Å². The molecule has 1 aliphatic carbocycles. The summed E-state index contributed by atoms with van der Waals surface area (Å²) in [6.45, 7) is 2.11. The second-order valence-electron chi connectivity index (χ2n) is 11.0. The summed E-state index contributed by atoms with van der Waals surface area (Å²) in [7, 11) is 1.54. The number of rotatable bonds is 6. The number of piperidine rings is 1. The minimum Gasteiger partial charge on any atom is -0.370 e. The molecule has 0 radical (unpaired) electrons. The maximum absolute atomic E-state index is 13.5. The first kappa shape index (κ1) is 31.7. The predicted octanol–water partition coefficient (Wildman–Crippen LogP) is 6.67. The van der Waals surface area contributed by atoms with Crippen molar-refractivity contribution in [2.45, 2.75) is 75.5 Å². The summed E-state index contributed by atoms with van der Waals surface area (Å²) in [6, 6.07) is 10.5. The van der Waals surface area contributed by atoms with Gasteiger partial charge in [-0.2, -0.15) is 26.3 Å². The highest BCUT2D eigenvalue weighted by Crippen LogP contribution is 2.40. The zero-order valence-electron chi connectivity index (χ0n) is 23.4. The monoisotopic (exact) mass is 599 g/mol. The Morgan fingerprint density at radius 1 is 0.905 bits per heavy atom. The van der Waals surface area contributed by atoms with Crippen LogP contribution < -0.4 is 10.6 Å². The first-order valence-electron chi connectivity index (χ1n) is 14.0. The average molecular weight is 600 g/mol. The largest absolute Gasteiger partial charge is 0.416 e. The van der Waals surface area contributed by atoms with Gasteiger partial charge in [0.2, 0.25) is 5.91 Å². The van der Waals surface area contributed by atoms with Crippen LogP contribution in [0.25, 0.3) is 0 Å². The summed E-state index contributed by atoms with van der Waals surface area (Å²) in [4.78, 5) is 26.9. The number of carbonyl (C=O) groups is 2. The molecule has 1 saturated heterocycles. The van der Waals surface area contributed by atoms with Crippen LogP contribution in [0.15, 0.2) is 48.5 Å². The number of alkyl halides is 6. The number of hydrogen-bond donors (Lipinski definition) is 2. The smallest absolute Gasteiger partial charge is 0.370 e. The molecule has 12 heteroatoms. The molecule has 0 bridgehead atoms. The summed E-state index contributed by atoms with van der Waals surface area (Å²) in [5, 5.41) is 5.41. The molecule has 0 spiro atoms. The number of amides is 3. The van der Waals surface area contributed by atoms with E-state index in [-0.39, 0.29) is 41.4 Å². The first-order valence-corrected chi connectivity index (χ1v) is 14.0. The minimum atomic E-state index is -4.95. The van der Waals surface area contributed by atoms with Crippen LogP contribution in [-0.2, 0) is 21.9 Å². The van der Waals surface area contributed by atoms with E-state index in [0.29, 0.717) is 57.3 Å². The van der Waals surface area contributed by atoms with Crippen LogP contribution in [0.3, 0.4) is 0 Å². The van der Waals surface area contributed by atoms with Crippen LogP contribution >= 0.6 is 0 Å². The number of nitrogens with one attached hydrogen (secondary N) is 2. The zero-order valence-corrected chi connectivity index (χ0v) is 23.4. The van der Waals surface area contributed by atoms with Gasteiger partial charge < -0.3 is 20.3 Å². The number of likely N-dealkylation sites (tertiary alicyclic amines) is 1. The molecule has 2 aliphatic rings. The zero-order chi connectivity index (χ0) is 30.7. The molecule has 6 nitrogen and oxygen atoms in total. The summed E-state index contributed by atoms with van der Waals surface area (Å²) in [5.74, 6) is -0.509. The number of benzene rings is 2. The van der Waals surface area contributed by atoms with Crippen LogP contribution in [0.5, 0.6) is 0 Å². The Kier molecular flexibility index (Phi) is 9.74. The van der Waals surface area contributed by atoms with E-state index >= 15 is 0 Å². The number of carbonyl (C=O) groups excluding carboxylic acids is 2. The van der Waals surface area contributed by atoms with Gasteiger partial charge in [0, 0.05) is 38.0 Å². The molecule has 1 saturated carbocycles. The Morgan fingerprint density at radius 2 is 1.50 bits per heavy atom. The van der Waals surface area contributed by atoms with Gasteiger partial charge in [0.25, 0.3) is 0 Å². The lowest BCUT2D eigenvalue weighted by Crippen LogP contribution is -2.49. The van der Waals surface area contributed by atoms with Gasteiger partial charge in [0.05, 0.1) is 23.3 Å². The predicted molar refractivity (Wildman–Crippen MR) is 143 cm³/mol. The molecule has 42 heavy (non-hydrogen) atoms. The molecule has 2 aromatic carbocycles. The Balaban J connectivity index is 1.50. The topological polar surface area (TPSA) is 70.7 Å². The third-order valence-electron chi connectivity index (χ3n) is 8.19. The van der Waals surface area contributed by atoms with Crippen LogP contribution in [0.4, 0.5) is 31.1 Å². The number of ether oxygens (including phenoxy) is 1. The molecule has 2 fully saturated rings. The van der Waals surface area contributed by atoms with E-state index in [0.717, 1.165) is 5.56 Å². The molecule has 1 aliphatic heterocycles. The number of urea groups is 1. The molecule has 2 N–H and O–H groups in total. The second-order valence-corrected chi connectivity index (χ2v) is 11.0. The van der Waals surface area contributed by atoms with Crippen molar-refractivity contribution in [2.75, 3.05) is 20.1 Å². The molecule has 1 heterocycles. The molecule has 230 valence electrons. The van der Waals surface area contributed by atoms with E-state index in [1.165, 1.54) is 6.92 Å². The van der Waals surface area contributed by atoms with Gasteiger partial charge >= 0.3 is 18.4 Å². The number of halogens is 6. The van der Waals surface area contributed by atoms with Crippen LogP contribution in [0.1, 0.15) is 73.3 Å². The minimum absolute atomic E-state index is 0.000371. The Morgan fingerprint density at radius 3 is 2.05 bits per heavy atom. The van der Waals surface area contributed by atoms with Gasteiger partial charge in [0.1, 0.15) is 0 Å². The summed E-state index contributed by atoms with van der Waals surface area (Å²) < 4.78 is 86.8. The van der Waals surface area contributed by atoms with Gasteiger partial charge in [-0.25, -0.2) is 4.79 Å². The summed E-state index contributed by atoms with van der Waals surface area (Å²) >= 11 is 0. The molecule has 4 rings (SSSR count). The summed E-state index contributed by atoms with van der Waals surface area (Å²) in [6.07, 6.45) is -8.51. The highest BCUT2D eigenvalue weighted by Gasteiger charge is 2.40. The lowest BCUT2D eigenvalue weighted by molar-refractivity contribution is -0.143. The molecule has 3 amide bonds.